The van der Waals surface area contributed by atoms with Gasteiger partial charge in [0, 0.05) is 32.1 Å². The van der Waals surface area contributed by atoms with Crippen molar-refractivity contribution >= 4 is 6.29 Å². The van der Waals surface area contributed by atoms with Crippen molar-refractivity contribution in [1.29, 1.82) is 0 Å². The third-order valence-electron chi connectivity index (χ3n) is 2.78. The Kier molecular flexibility index (Phi) is 7.36. The highest BCUT2D eigenvalue weighted by Gasteiger charge is 2.16. The quantitative estimate of drug-likeness (QED) is 0.748. The van der Waals surface area contributed by atoms with E-state index in [0.29, 0.717) is 6.04 Å². The molecule has 104 valence electrons. The van der Waals surface area contributed by atoms with Gasteiger partial charge in [-0.05, 0) is 25.5 Å². The predicted molar refractivity (Wildman–Crippen MR) is 77.0 cm³/mol. The molecule has 0 aromatic carbocycles. The minimum Gasteiger partial charge on any atom is -0.375 e. The number of hydrogen-bond donors (Lipinski definition) is 2. The van der Waals surface area contributed by atoms with Crippen LogP contribution in [0.25, 0.3) is 0 Å². The Morgan fingerprint density at radius 3 is 2.28 bits per heavy atom. The summed E-state index contributed by atoms with van der Waals surface area (Å²) in [5.41, 5.74) is 7.04. The third-order valence-corrected chi connectivity index (χ3v) is 2.78. The molecule has 4 heteroatoms. The van der Waals surface area contributed by atoms with E-state index in [1.54, 1.807) is 0 Å². The number of rotatable bonds is 3. The molecule has 0 aliphatic carbocycles. The van der Waals surface area contributed by atoms with Crippen LogP contribution in [0.1, 0.15) is 27.7 Å². The summed E-state index contributed by atoms with van der Waals surface area (Å²) >= 11 is 0. The van der Waals surface area contributed by atoms with Crippen molar-refractivity contribution in [2.45, 2.75) is 39.8 Å². The fourth-order valence-electron chi connectivity index (χ4n) is 1.45. The second kappa shape index (κ2) is 7.93. The molecule has 2 unspecified atom stereocenters. The number of nitrogens with one attached hydrogen (secondary N) is 1. The van der Waals surface area contributed by atoms with Crippen molar-refractivity contribution in [2.75, 3.05) is 14.1 Å². The molecule has 0 aromatic rings. The number of hydrogen-bond acceptors (Lipinski definition) is 4. The van der Waals surface area contributed by atoms with Gasteiger partial charge in [0.25, 0.3) is 0 Å². The summed E-state index contributed by atoms with van der Waals surface area (Å²) in [7, 11) is 4.00. The summed E-state index contributed by atoms with van der Waals surface area (Å²) in [6, 6.07) is 0.521. The van der Waals surface area contributed by atoms with Gasteiger partial charge < -0.3 is 20.7 Å². The molecule has 1 aliphatic heterocycles. The molecule has 0 radical (unpaired) electrons. The molecule has 0 fully saturated rings. The van der Waals surface area contributed by atoms with E-state index in [9.17, 15) is 4.79 Å². The third kappa shape index (κ3) is 5.36. The molecule has 0 bridgehead atoms. The fourth-order valence-corrected chi connectivity index (χ4v) is 1.45. The molecular formula is C14H27N3O. The van der Waals surface area contributed by atoms with E-state index in [-0.39, 0.29) is 12.0 Å². The highest BCUT2D eigenvalue weighted by molar-refractivity contribution is 5.51. The fraction of sp³-hybridized carbons (Fsp3) is 0.643. The monoisotopic (exact) mass is 253 g/mol. The Labute approximate surface area is 111 Å². The van der Waals surface area contributed by atoms with Crippen LogP contribution in [0.4, 0.5) is 0 Å². The van der Waals surface area contributed by atoms with E-state index >= 15 is 0 Å². The first-order valence-electron chi connectivity index (χ1n) is 6.38. The van der Waals surface area contributed by atoms with Crippen LogP contribution in [-0.2, 0) is 4.79 Å². The second-order valence-electron chi connectivity index (χ2n) is 4.97. The number of carbonyl (C=O) groups is 1. The molecule has 1 rings (SSSR count). The first kappa shape index (κ1) is 16.7. The van der Waals surface area contributed by atoms with Crippen molar-refractivity contribution in [3.05, 3.63) is 23.5 Å². The average Bonchev–Trinajstić information content (AvgIpc) is 2.32. The number of nitrogens with zero attached hydrogens (tertiary/aromatic N) is 1. The van der Waals surface area contributed by atoms with E-state index in [1.807, 2.05) is 27.8 Å². The van der Waals surface area contributed by atoms with Gasteiger partial charge in [0.1, 0.15) is 12.1 Å². The van der Waals surface area contributed by atoms with Crippen molar-refractivity contribution in [3.63, 3.8) is 0 Å². The Bertz CT molecular complexity index is 319. The van der Waals surface area contributed by atoms with Gasteiger partial charge in [0.15, 0.2) is 0 Å². The Morgan fingerprint density at radius 2 is 1.94 bits per heavy atom. The summed E-state index contributed by atoms with van der Waals surface area (Å²) in [6.07, 6.45) is 5.22. The number of aldehydes is 1. The summed E-state index contributed by atoms with van der Waals surface area (Å²) in [4.78, 5) is 11.7. The number of nitrogens with two attached hydrogens (primary N) is 1. The largest absolute Gasteiger partial charge is 0.375 e. The lowest BCUT2D eigenvalue weighted by Gasteiger charge is -2.32. The van der Waals surface area contributed by atoms with Crippen molar-refractivity contribution in [2.24, 2.45) is 11.7 Å². The maximum atomic E-state index is 9.50. The van der Waals surface area contributed by atoms with Gasteiger partial charge in [-0.15, -0.1) is 0 Å². The summed E-state index contributed by atoms with van der Waals surface area (Å²) in [5, 5.41) is 3.16. The molecule has 0 saturated carbocycles. The van der Waals surface area contributed by atoms with Crippen LogP contribution in [-0.4, -0.2) is 37.4 Å². The van der Waals surface area contributed by atoms with E-state index in [2.05, 4.69) is 36.3 Å². The van der Waals surface area contributed by atoms with Crippen LogP contribution in [0.3, 0.4) is 0 Å². The summed E-state index contributed by atoms with van der Waals surface area (Å²) < 4.78 is 0. The van der Waals surface area contributed by atoms with Crippen LogP contribution in [0.5, 0.6) is 0 Å². The van der Waals surface area contributed by atoms with Crippen molar-refractivity contribution in [1.82, 2.24) is 10.2 Å². The Morgan fingerprint density at radius 1 is 1.44 bits per heavy atom. The maximum Gasteiger partial charge on any atom is 0.122 e. The standard InChI is InChI=1S/C10H19N3.C4H8O/c1-7-5-9(8(2)11)6-10(12-3)13(7)4;1-4(2)3-5/h5-8,12H,11H2,1-4H3;3-4H,1-2H3. The van der Waals surface area contributed by atoms with Gasteiger partial charge >= 0.3 is 0 Å². The van der Waals surface area contributed by atoms with Crippen LogP contribution >= 0.6 is 0 Å². The topological polar surface area (TPSA) is 58.4 Å². The zero-order chi connectivity index (χ0) is 14.3. The van der Waals surface area contributed by atoms with Gasteiger partial charge in [-0.25, -0.2) is 0 Å². The molecule has 0 aromatic heterocycles. The van der Waals surface area contributed by atoms with Crippen LogP contribution in [0.2, 0.25) is 0 Å². The van der Waals surface area contributed by atoms with Gasteiger partial charge in [-0.1, -0.05) is 19.9 Å². The van der Waals surface area contributed by atoms with Crippen LogP contribution in [0.15, 0.2) is 23.5 Å². The van der Waals surface area contributed by atoms with E-state index in [1.165, 1.54) is 5.57 Å². The van der Waals surface area contributed by atoms with Gasteiger partial charge in [0.05, 0.1) is 0 Å². The molecule has 4 nitrogen and oxygen atoms in total. The summed E-state index contributed by atoms with van der Waals surface area (Å²) in [5.74, 6) is 1.33. The molecule has 18 heavy (non-hydrogen) atoms. The molecule has 0 amide bonds. The molecule has 2 atom stereocenters. The molecule has 3 N–H and O–H groups in total. The van der Waals surface area contributed by atoms with Crippen molar-refractivity contribution in [3.8, 4) is 0 Å². The lowest BCUT2D eigenvalue weighted by Crippen LogP contribution is -2.37. The van der Waals surface area contributed by atoms with Crippen LogP contribution < -0.4 is 11.1 Å². The van der Waals surface area contributed by atoms with Gasteiger partial charge in [-0.2, -0.15) is 0 Å². The zero-order valence-corrected chi connectivity index (χ0v) is 12.4. The number of likely N-dealkylation sites (N-methyl/N-ethyl adjacent to an activating group) is 1. The highest BCUT2D eigenvalue weighted by Crippen LogP contribution is 2.17. The minimum atomic E-state index is 0.111. The molecular weight excluding hydrogens is 226 g/mol. The molecule has 1 aliphatic rings. The molecule has 1 heterocycles. The molecule has 0 spiro atoms. The smallest absolute Gasteiger partial charge is 0.122 e. The normalized spacial score (nSPS) is 20.4. The minimum absolute atomic E-state index is 0.111. The Balaban J connectivity index is 0.000000494. The average molecular weight is 253 g/mol. The van der Waals surface area contributed by atoms with E-state index in [4.69, 9.17) is 5.73 Å². The first-order chi connectivity index (χ1) is 8.33. The maximum absolute atomic E-state index is 9.50. The predicted octanol–water partition coefficient (Wildman–Crippen LogP) is 1.50. The summed E-state index contributed by atoms with van der Waals surface area (Å²) in [6.45, 7) is 7.88. The van der Waals surface area contributed by atoms with E-state index in [0.717, 1.165) is 12.1 Å². The SMILES string of the molecule is CC(C)C=O.CNC1=CC(C(C)N)=CC(C)N1C. The first-order valence-corrected chi connectivity index (χ1v) is 6.38. The molecule has 0 saturated heterocycles. The van der Waals surface area contributed by atoms with Gasteiger partial charge in [-0.3, -0.25) is 0 Å². The lowest BCUT2D eigenvalue weighted by molar-refractivity contribution is -0.110. The highest BCUT2D eigenvalue weighted by atomic mass is 16.1. The lowest BCUT2D eigenvalue weighted by atomic mass is 10.0. The second-order valence-corrected chi connectivity index (χ2v) is 4.97. The Hall–Kier alpha value is -1.29. The zero-order valence-electron chi connectivity index (χ0n) is 12.4. The van der Waals surface area contributed by atoms with Gasteiger partial charge in [0.2, 0.25) is 0 Å². The van der Waals surface area contributed by atoms with Crippen LogP contribution in [0, 0.1) is 5.92 Å². The number of carbonyl (C=O) groups excluding carboxylic acids is 1. The van der Waals surface area contributed by atoms with E-state index < -0.39 is 0 Å². The van der Waals surface area contributed by atoms with Crippen molar-refractivity contribution < 1.29 is 4.79 Å².